The van der Waals surface area contributed by atoms with Crippen LogP contribution >= 0.6 is 11.3 Å². The number of carbonyl (C=O) groups excluding carboxylic acids is 5. The van der Waals surface area contributed by atoms with Gasteiger partial charge in [-0.3, -0.25) is 28.9 Å². The van der Waals surface area contributed by atoms with Crippen molar-refractivity contribution in [2.45, 2.75) is 116 Å². The Labute approximate surface area is 415 Å². The molecule has 3 aliphatic rings. The summed E-state index contributed by atoms with van der Waals surface area (Å²) < 4.78 is 0. The Balaban J connectivity index is 0.737. The van der Waals surface area contributed by atoms with E-state index in [0.29, 0.717) is 51.1 Å². The van der Waals surface area contributed by atoms with E-state index in [1.165, 1.54) is 22.4 Å². The lowest BCUT2D eigenvalue weighted by Gasteiger charge is -2.39. The van der Waals surface area contributed by atoms with Crippen LogP contribution in [0.4, 0.5) is 0 Å². The van der Waals surface area contributed by atoms with Crippen molar-refractivity contribution in [3.63, 3.8) is 0 Å². The Kier molecular flexibility index (Phi) is 18.2. The van der Waals surface area contributed by atoms with Gasteiger partial charge in [-0.25, -0.2) is 15.0 Å². The maximum Gasteiger partial charge on any atom is 0.270 e. The van der Waals surface area contributed by atoms with Gasteiger partial charge in [-0.05, 0) is 72.3 Å². The molecule has 7 rings (SSSR count). The molecule has 0 aliphatic carbocycles. The first-order valence-electron chi connectivity index (χ1n) is 24.7. The fourth-order valence-corrected chi connectivity index (χ4v) is 10.3. The van der Waals surface area contributed by atoms with Gasteiger partial charge in [0.25, 0.3) is 5.91 Å². The van der Waals surface area contributed by atoms with Crippen molar-refractivity contribution in [3.8, 4) is 10.4 Å². The largest absolute Gasteiger partial charge is 0.391 e. The second-order valence-electron chi connectivity index (χ2n) is 20.2. The molecule has 5 amide bonds. The second-order valence-corrected chi connectivity index (χ2v) is 21.1. The third-order valence-electron chi connectivity index (χ3n) is 13.4. The summed E-state index contributed by atoms with van der Waals surface area (Å²) in [6.07, 6.45) is 4.00. The van der Waals surface area contributed by atoms with E-state index in [-0.39, 0.29) is 61.8 Å². The fraction of sp³-hybridized carbons (Fsp3) is 0.538. The number of likely N-dealkylation sites (tertiary alicyclic amines) is 2. The number of unbranched alkanes of at least 4 members (excludes halogenated alkanes) is 2. The van der Waals surface area contributed by atoms with Gasteiger partial charge in [0.15, 0.2) is 0 Å². The maximum absolute atomic E-state index is 14.0. The summed E-state index contributed by atoms with van der Waals surface area (Å²) in [6.45, 7) is 13.1. The molecule has 2 aromatic heterocycles. The molecule has 6 N–H and O–H groups in total. The summed E-state index contributed by atoms with van der Waals surface area (Å²) >= 11 is 1.57. The zero-order valence-corrected chi connectivity index (χ0v) is 41.8. The number of nitrogens with zero attached hydrogens (tertiary/aromatic N) is 6. The lowest BCUT2D eigenvalue weighted by Crippen LogP contribution is -2.57. The highest BCUT2D eigenvalue weighted by Gasteiger charge is 2.44. The minimum absolute atomic E-state index is 0.000993. The number of hydrogen-bond donors (Lipinski definition) is 6. The van der Waals surface area contributed by atoms with E-state index in [1.54, 1.807) is 17.4 Å². The molecule has 376 valence electrons. The molecule has 18 heteroatoms. The average molecular weight is 979 g/mol. The van der Waals surface area contributed by atoms with Crippen LogP contribution in [-0.4, -0.2) is 146 Å². The molecule has 2 fully saturated rings. The van der Waals surface area contributed by atoms with Crippen LogP contribution in [0.2, 0.25) is 0 Å². The molecule has 0 bridgehead atoms. The molecule has 70 heavy (non-hydrogen) atoms. The predicted molar refractivity (Wildman–Crippen MR) is 267 cm³/mol. The molecule has 0 unspecified atom stereocenters. The van der Waals surface area contributed by atoms with Crippen molar-refractivity contribution in [3.05, 3.63) is 100 Å². The molecule has 0 radical (unpaired) electrons. The van der Waals surface area contributed by atoms with Crippen LogP contribution < -0.4 is 21.3 Å². The normalized spacial score (nSPS) is 18.3. The molecule has 0 saturated carbocycles. The van der Waals surface area contributed by atoms with Gasteiger partial charge in [-0.2, -0.15) is 0 Å². The molecule has 4 atom stereocenters. The first-order valence-corrected chi connectivity index (χ1v) is 25.6. The van der Waals surface area contributed by atoms with Gasteiger partial charge in [-0.15, -0.1) is 11.3 Å². The van der Waals surface area contributed by atoms with Crippen LogP contribution in [0.25, 0.3) is 10.4 Å². The zero-order valence-electron chi connectivity index (χ0n) is 41.0. The second kappa shape index (κ2) is 24.4. The third kappa shape index (κ3) is 14.7. The van der Waals surface area contributed by atoms with Crippen LogP contribution in [0.1, 0.15) is 97.9 Å². The zero-order chi connectivity index (χ0) is 49.8. The number of aliphatic hydroxyl groups excluding tert-OH is 2. The first-order chi connectivity index (χ1) is 33.6. The Hall–Kier alpha value is -5.66. The van der Waals surface area contributed by atoms with Gasteiger partial charge in [0.05, 0.1) is 28.3 Å². The highest BCUT2D eigenvalue weighted by Crippen LogP contribution is 2.29. The molecule has 2 saturated heterocycles. The van der Waals surface area contributed by atoms with Gasteiger partial charge in [0.1, 0.15) is 24.1 Å². The number of benzene rings is 2. The summed E-state index contributed by atoms with van der Waals surface area (Å²) in [5.74, 6) is -1.04. The number of aliphatic hydroxyl groups is 2. The van der Waals surface area contributed by atoms with Crippen molar-refractivity contribution in [2.75, 3.05) is 52.4 Å². The van der Waals surface area contributed by atoms with Crippen molar-refractivity contribution in [2.24, 2.45) is 11.3 Å². The smallest absolute Gasteiger partial charge is 0.270 e. The number of aromatic nitrogens is 3. The van der Waals surface area contributed by atoms with Gasteiger partial charge in [0, 0.05) is 90.4 Å². The number of rotatable bonds is 22. The monoisotopic (exact) mass is 979 g/mol. The van der Waals surface area contributed by atoms with Crippen LogP contribution in [-0.2, 0) is 45.1 Å². The molecule has 2 aromatic carbocycles. The van der Waals surface area contributed by atoms with E-state index in [1.807, 2.05) is 63.5 Å². The number of aryl methyl sites for hydroxylation is 1. The van der Waals surface area contributed by atoms with Crippen molar-refractivity contribution in [1.29, 1.82) is 0 Å². The molecular formula is C52H70N10O7S. The Morgan fingerprint density at radius 1 is 0.871 bits per heavy atom. The lowest BCUT2D eigenvalue weighted by molar-refractivity contribution is -0.144. The quantitative estimate of drug-likeness (QED) is 0.0625. The highest BCUT2D eigenvalue weighted by molar-refractivity contribution is 7.13. The number of amides is 5. The van der Waals surface area contributed by atoms with E-state index in [4.69, 9.17) is 0 Å². The van der Waals surface area contributed by atoms with Gasteiger partial charge >= 0.3 is 0 Å². The first kappa shape index (κ1) is 52.2. The van der Waals surface area contributed by atoms with Crippen LogP contribution in [0, 0.1) is 18.3 Å². The molecular weight excluding hydrogens is 909 g/mol. The summed E-state index contributed by atoms with van der Waals surface area (Å²) in [4.78, 5) is 86.0. The van der Waals surface area contributed by atoms with Crippen molar-refractivity contribution in [1.82, 2.24) is 50.9 Å². The van der Waals surface area contributed by atoms with E-state index < -0.39 is 35.6 Å². The minimum Gasteiger partial charge on any atom is -0.391 e. The number of fused-ring (bicyclic) bond motifs is 1. The van der Waals surface area contributed by atoms with E-state index in [9.17, 15) is 34.2 Å². The Morgan fingerprint density at radius 2 is 1.61 bits per heavy atom. The third-order valence-corrected chi connectivity index (χ3v) is 14.4. The molecule has 5 heterocycles. The number of carbonyl (C=O) groups is 5. The fourth-order valence-electron chi connectivity index (χ4n) is 9.49. The number of β-amino-alcohol motifs (C(OH)–C–C–N with tert-alkyl or cyclic N) is 2. The standard InChI is InChI=1S/C52H70N10O7S/c1-34-47(70-33-58-34)38-16-14-35(15-17-38)25-54-50(68)44-24-41(63)31-62(44)51(69)48(52(2,3)4)59-46(66)13-7-5-6-12-45(65)53-19-21-61-27-36(28-61)22-40-23-43(57-32-56-40)49(67)55-26-42(64)30-60-20-18-37-10-8-9-11-39(37)29-60/h8-11,14-17,23,32-33,36,41-42,44,48,63-64H,5-7,12-13,18-22,24-31H2,1-4H3,(H,53,65)(H,54,68)(H,55,67)(H,59,66)/t41-,42+,44+,48-/m1/s1. The highest BCUT2D eigenvalue weighted by atomic mass is 32.1. The molecule has 17 nitrogen and oxygen atoms in total. The molecule has 3 aliphatic heterocycles. The molecule has 0 spiro atoms. The number of hydrogen-bond acceptors (Lipinski definition) is 13. The van der Waals surface area contributed by atoms with Crippen LogP contribution in [0.3, 0.4) is 0 Å². The number of nitrogens with one attached hydrogen (secondary N) is 4. The Morgan fingerprint density at radius 3 is 2.34 bits per heavy atom. The maximum atomic E-state index is 14.0. The van der Waals surface area contributed by atoms with Gasteiger partial charge in [-0.1, -0.05) is 75.7 Å². The van der Waals surface area contributed by atoms with E-state index in [0.717, 1.165) is 66.5 Å². The van der Waals surface area contributed by atoms with E-state index >= 15 is 0 Å². The van der Waals surface area contributed by atoms with Crippen molar-refractivity contribution < 1.29 is 34.2 Å². The van der Waals surface area contributed by atoms with E-state index in [2.05, 4.69) is 64.2 Å². The van der Waals surface area contributed by atoms with Crippen LogP contribution in [0.5, 0.6) is 0 Å². The molecule has 4 aromatic rings. The minimum atomic E-state index is -0.907. The van der Waals surface area contributed by atoms with Gasteiger partial charge in [0.2, 0.25) is 23.6 Å². The lowest BCUT2D eigenvalue weighted by atomic mass is 9.85. The summed E-state index contributed by atoms with van der Waals surface area (Å²) in [5.41, 5.74) is 7.77. The van der Waals surface area contributed by atoms with Gasteiger partial charge < -0.3 is 41.3 Å². The van der Waals surface area contributed by atoms with Crippen LogP contribution in [0.15, 0.2) is 66.4 Å². The van der Waals surface area contributed by atoms with Crippen molar-refractivity contribution >= 4 is 40.9 Å². The summed E-state index contributed by atoms with van der Waals surface area (Å²) in [5, 5.41) is 32.9. The summed E-state index contributed by atoms with van der Waals surface area (Å²) in [7, 11) is 0. The number of thiazole rings is 1. The SMILES string of the molecule is Cc1ncsc1-c1ccc(CNC(=O)[C@@H]2C[C@@H](O)CN2C(=O)[C@@H](NC(=O)CCCCCC(=O)NCCN2CC(Cc3cc(C(=O)NC[C@H](O)CN4CCc5ccccc5C4)ncn3)C2)C(C)(C)C)cc1. The average Bonchev–Trinajstić information content (AvgIpc) is 3.95. The summed E-state index contributed by atoms with van der Waals surface area (Å²) in [6, 6.07) is 16.2. The Bertz CT molecular complexity index is 2420. The predicted octanol–water partition coefficient (Wildman–Crippen LogP) is 3.41. The topological polar surface area (TPSA) is 222 Å².